The van der Waals surface area contributed by atoms with E-state index >= 15 is 0 Å². The lowest BCUT2D eigenvalue weighted by molar-refractivity contribution is -0.135. The first kappa shape index (κ1) is 18.4. The van der Waals surface area contributed by atoms with Crippen LogP contribution in [0.3, 0.4) is 0 Å². The molecular weight excluding hydrogens is 328 g/mol. The molecule has 138 valence electrons. The van der Waals surface area contributed by atoms with Crippen LogP contribution in [0.25, 0.3) is 0 Å². The molecule has 5 heteroatoms. The molecule has 2 N–H and O–H groups in total. The van der Waals surface area contributed by atoms with Gasteiger partial charge in [-0.3, -0.25) is 4.79 Å². The summed E-state index contributed by atoms with van der Waals surface area (Å²) in [5, 5.41) is 6.27. The molecule has 1 fully saturated rings. The monoisotopic (exact) mass is 354 g/mol. The van der Waals surface area contributed by atoms with E-state index < -0.39 is 6.10 Å². The molecule has 2 atom stereocenters. The van der Waals surface area contributed by atoms with Gasteiger partial charge in [-0.15, -0.1) is 0 Å². The Balaban J connectivity index is 1.72. The Kier molecular flexibility index (Phi) is 6.26. The van der Waals surface area contributed by atoms with E-state index in [1.165, 1.54) is 0 Å². The Morgan fingerprint density at radius 2 is 1.92 bits per heavy atom. The quantitative estimate of drug-likeness (QED) is 0.837. The summed E-state index contributed by atoms with van der Waals surface area (Å²) in [5.41, 5.74) is 3.18. The number of ether oxygens (including phenoxy) is 2. The highest BCUT2D eigenvalue weighted by molar-refractivity contribution is 5.81. The number of carbonyl (C=O) groups is 1. The summed E-state index contributed by atoms with van der Waals surface area (Å²) in [6.07, 6.45) is -0.463. The Morgan fingerprint density at radius 1 is 1.19 bits per heavy atom. The van der Waals surface area contributed by atoms with Gasteiger partial charge >= 0.3 is 0 Å². The zero-order valence-electron chi connectivity index (χ0n) is 15.3. The molecule has 5 nitrogen and oxygen atoms in total. The molecular formula is C21H26N2O3. The van der Waals surface area contributed by atoms with E-state index in [1.54, 1.807) is 0 Å². The first-order chi connectivity index (χ1) is 12.6. The van der Waals surface area contributed by atoms with Crippen LogP contribution in [0.5, 0.6) is 5.75 Å². The Bertz CT molecular complexity index is 707. The van der Waals surface area contributed by atoms with Gasteiger partial charge in [-0.2, -0.15) is 0 Å². The number of carbonyl (C=O) groups excluding carboxylic acids is 1. The van der Waals surface area contributed by atoms with Gasteiger partial charge in [0.2, 0.25) is 0 Å². The van der Waals surface area contributed by atoms with Gasteiger partial charge in [0.1, 0.15) is 18.5 Å². The summed E-state index contributed by atoms with van der Waals surface area (Å²) in [6.45, 7) is 6.28. The lowest BCUT2D eigenvalue weighted by atomic mass is 10.1. The fourth-order valence-corrected chi connectivity index (χ4v) is 3.10. The second-order valence-corrected chi connectivity index (χ2v) is 6.57. The molecule has 26 heavy (non-hydrogen) atoms. The molecule has 2 unspecified atom stereocenters. The van der Waals surface area contributed by atoms with Gasteiger partial charge in [-0.25, -0.2) is 0 Å². The summed E-state index contributed by atoms with van der Waals surface area (Å²) >= 11 is 0. The molecule has 1 heterocycles. The fraction of sp³-hybridized carbons (Fsp3) is 0.381. The molecule has 1 aliphatic heterocycles. The molecule has 0 spiro atoms. The topological polar surface area (TPSA) is 59.6 Å². The molecule has 0 bridgehead atoms. The largest absolute Gasteiger partial charge is 0.491 e. The van der Waals surface area contributed by atoms with Crippen molar-refractivity contribution in [1.29, 1.82) is 0 Å². The first-order valence-corrected chi connectivity index (χ1v) is 9.02. The van der Waals surface area contributed by atoms with Crippen molar-refractivity contribution in [3.05, 3.63) is 65.2 Å². The van der Waals surface area contributed by atoms with Crippen LogP contribution >= 0.6 is 0 Å². The van der Waals surface area contributed by atoms with Crippen molar-refractivity contribution in [3.63, 3.8) is 0 Å². The van der Waals surface area contributed by atoms with Gasteiger partial charge < -0.3 is 20.1 Å². The maximum Gasteiger partial charge on any atom is 0.251 e. The highest BCUT2D eigenvalue weighted by atomic mass is 16.5. The van der Waals surface area contributed by atoms with Crippen molar-refractivity contribution in [2.75, 3.05) is 26.3 Å². The summed E-state index contributed by atoms with van der Waals surface area (Å²) < 4.78 is 11.7. The maximum atomic E-state index is 12.6. The van der Waals surface area contributed by atoms with E-state index in [1.807, 2.05) is 62.4 Å². The fourth-order valence-electron chi connectivity index (χ4n) is 3.10. The SMILES string of the molecule is Cc1cccc(C)c1OCC(NC(=O)C1CNCCO1)c1ccccc1. The average molecular weight is 354 g/mol. The standard InChI is InChI=1S/C21H26N2O3/c1-15-7-6-8-16(2)20(15)26-14-18(17-9-4-3-5-10-17)23-21(24)19-13-22-11-12-25-19/h3-10,18-19,22H,11-14H2,1-2H3,(H,23,24). The molecule has 2 aromatic carbocycles. The number of hydrogen-bond donors (Lipinski definition) is 2. The highest BCUT2D eigenvalue weighted by Gasteiger charge is 2.25. The summed E-state index contributed by atoms with van der Waals surface area (Å²) in [4.78, 5) is 12.6. The van der Waals surface area contributed by atoms with Gasteiger partial charge in [-0.1, -0.05) is 48.5 Å². The van der Waals surface area contributed by atoms with Crippen molar-refractivity contribution in [3.8, 4) is 5.75 Å². The molecule has 0 radical (unpaired) electrons. The lowest BCUT2D eigenvalue weighted by Gasteiger charge is -2.26. The van der Waals surface area contributed by atoms with Crippen LogP contribution in [0.15, 0.2) is 48.5 Å². The van der Waals surface area contributed by atoms with Crippen molar-refractivity contribution in [2.24, 2.45) is 0 Å². The Morgan fingerprint density at radius 3 is 2.58 bits per heavy atom. The normalized spacial score (nSPS) is 18.2. The van der Waals surface area contributed by atoms with Gasteiger partial charge in [0.05, 0.1) is 12.6 Å². The number of para-hydroxylation sites is 1. The minimum absolute atomic E-state index is 0.115. The number of morpholine rings is 1. The number of amides is 1. The van der Waals surface area contributed by atoms with Crippen LogP contribution in [-0.2, 0) is 9.53 Å². The third kappa shape index (κ3) is 4.62. The zero-order chi connectivity index (χ0) is 18.4. The van der Waals surface area contributed by atoms with Crippen LogP contribution in [-0.4, -0.2) is 38.3 Å². The van der Waals surface area contributed by atoms with Crippen LogP contribution in [0.1, 0.15) is 22.7 Å². The lowest BCUT2D eigenvalue weighted by Crippen LogP contribution is -2.49. The summed E-state index contributed by atoms with van der Waals surface area (Å²) in [6, 6.07) is 15.7. The van der Waals surface area contributed by atoms with E-state index in [9.17, 15) is 4.79 Å². The molecule has 1 amide bonds. The number of aryl methyl sites for hydroxylation is 2. The second-order valence-electron chi connectivity index (χ2n) is 6.57. The molecule has 3 rings (SSSR count). The van der Waals surface area contributed by atoms with Crippen LogP contribution < -0.4 is 15.4 Å². The molecule has 2 aromatic rings. The number of nitrogens with one attached hydrogen (secondary N) is 2. The number of hydrogen-bond acceptors (Lipinski definition) is 4. The predicted octanol–water partition coefficient (Wildman–Crippen LogP) is 2.53. The Labute approximate surface area is 154 Å². The van der Waals surface area contributed by atoms with E-state index in [0.29, 0.717) is 19.8 Å². The number of benzene rings is 2. The van der Waals surface area contributed by atoms with Gasteiger partial charge in [0.25, 0.3) is 5.91 Å². The third-order valence-electron chi connectivity index (χ3n) is 4.54. The predicted molar refractivity (Wildman–Crippen MR) is 101 cm³/mol. The molecule has 1 aliphatic rings. The molecule has 0 aromatic heterocycles. The smallest absolute Gasteiger partial charge is 0.251 e. The second kappa shape index (κ2) is 8.83. The van der Waals surface area contributed by atoms with E-state index in [2.05, 4.69) is 10.6 Å². The number of rotatable bonds is 6. The maximum absolute atomic E-state index is 12.6. The molecule has 1 saturated heterocycles. The average Bonchev–Trinajstić information content (AvgIpc) is 2.68. The molecule has 0 aliphatic carbocycles. The minimum Gasteiger partial charge on any atom is -0.491 e. The first-order valence-electron chi connectivity index (χ1n) is 9.02. The highest BCUT2D eigenvalue weighted by Crippen LogP contribution is 2.24. The Hall–Kier alpha value is -2.37. The van der Waals surface area contributed by atoms with Crippen molar-refractivity contribution >= 4 is 5.91 Å². The summed E-state index contributed by atoms with van der Waals surface area (Å²) in [5.74, 6) is 0.759. The van der Waals surface area contributed by atoms with Crippen molar-refractivity contribution in [2.45, 2.75) is 26.0 Å². The van der Waals surface area contributed by atoms with Crippen molar-refractivity contribution in [1.82, 2.24) is 10.6 Å². The van der Waals surface area contributed by atoms with Crippen LogP contribution in [0.2, 0.25) is 0 Å². The van der Waals surface area contributed by atoms with Crippen molar-refractivity contribution < 1.29 is 14.3 Å². The van der Waals surface area contributed by atoms with Crippen LogP contribution in [0, 0.1) is 13.8 Å². The third-order valence-corrected chi connectivity index (χ3v) is 4.54. The zero-order valence-corrected chi connectivity index (χ0v) is 15.3. The summed E-state index contributed by atoms with van der Waals surface area (Å²) in [7, 11) is 0. The van der Waals surface area contributed by atoms with E-state index in [4.69, 9.17) is 9.47 Å². The van der Waals surface area contributed by atoms with Gasteiger partial charge in [-0.05, 0) is 30.5 Å². The van der Waals surface area contributed by atoms with Gasteiger partial charge in [0, 0.05) is 13.1 Å². The van der Waals surface area contributed by atoms with Gasteiger partial charge in [0.15, 0.2) is 0 Å². The van der Waals surface area contributed by atoms with E-state index in [0.717, 1.165) is 29.0 Å². The minimum atomic E-state index is -0.463. The van der Waals surface area contributed by atoms with Crippen LogP contribution in [0.4, 0.5) is 0 Å². The van der Waals surface area contributed by atoms with E-state index in [-0.39, 0.29) is 11.9 Å². The molecule has 0 saturated carbocycles.